The van der Waals surface area contributed by atoms with Gasteiger partial charge in [0.05, 0.1) is 11.4 Å². The summed E-state index contributed by atoms with van der Waals surface area (Å²) in [6.45, 7) is 0. The van der Waals surface area contributed by atoms with Crippen molar-refractivity contribution in [2.75, 3.05) is 10.6 Å². The number of rotatable bonds is 5. The lowest BCUT2D eigenvalue weighted by Gasteiger charge is -2.11. The fourth-order valence-corrected chi connectivity index (χ4v) is 2.57. The molecule has 2 aromatic carbocycles. The highest BCUT2D eigenvalue weighted by molar-refractivity contribution is 6.30. The maximum Gasteiger partial charge on any atom is 0.274 e. The van der Waals surface area contributed by atoms with Crippen molar-refractivity contribution in [2.45, 2.75) is 0 Å². The predicted octanol–water partition coefficient (Wildman–Crippen LogP) is 4.78. The highest BCUT2D eigenvalue weighted by atomic mass is 35.5. The van der Waals surface area contributed by atoms with Crippen LogP contribution in [0.3, 0.4) is 0 Å². The van der Waals surface area contributed by atoms with Gasteiger partial charge in [-0.3, -0.25) is 14.6 Å². The van der Waals surface area contributed by atoms with Crippen molar-refractivity contribution in [3.8, 4) is 0 Å². The largest absolute Gasteiger partial charge is 0.321 e. The molecule has 2 N–H and O–H groups in total. The first kappa shape index (κ1) is 19.3. The molecule has 3 rings (SSSR count). The molecule has 0 saturated carbocycles. The summed E-state index contributed by atoms with van der Waals surface area (Å²) in [5.74, 6) is -1.51. The molecule has 0 aliphatic carbocycles. The Morgan fingerprint density at radius 1 is 0.964 bits per heavy atom. The first-order valence-corrected chi connectivity index (χ1v) is 8.65. The lowest BCUT2D eigenvalue weighted by atomic mass is 10.2. The number of hydrogen-bond donors (Lipinski definition) is 2. The second-order valence-electron chi connectivity index (χ2n) is 5.74. The second kappa shape index (κ2) is 8.92. The van der Waals surface area contributed by atoms with Crippen molar-refractivity contribution in [3.05, 3.63) is 95.0 Å². The Balaban J connectivity index is 1.75. The zero-order valence-corrected chi connectivity index (χ0v) is 15.3. The van der Waals surface area contributed by atoms with E-state index < -0.39 is 17.6 Å². The lowest BCUT2D eigenvalue weighted by Crippen LogP contribution is -2.16. The van der Waals surface area contributed by atoms with E-state index in [4.69, 9.17) is 11.6 Å². The minimum absolute atomic E-state index is 0.130. The van der Waals surface area contributed by atoms with Gasteiger partial charge in [0.1, 0.15) is 11.5 Å². The Morgan fingerprint density at radius 2 is 1.82 bits per heavy atom. The summed E-state index contributed by atoms with van der Waals surface area (Å²) in [6, 6.07) is 15.6. The Hall–Kier alpha value is -3.51. The summed E-state index contributed by atoms with van der Waals surface area (Å²) < 4.78 is 13.6. The van der Waals surface area contributed by atoms with Gasteiger partial charge in [0.15, 0.2) is 0 Å². The van der Waals surface area contributed by atoms with Crippen molar-refractivity contribution in [1.29, 1.82) is 0 Å². The summed E-state index contributed by atoms with van der Waals surface area (Å²) in [6.07, 6.45) is 4.36. The maximum absolute atomic E-state index is 13.6. The van der Waals surface area contributed by atoms with Crippen molar-refractivity contribution < 1.29 is 14.0 Å². The van der Waals surface area contributed by atoms with E-state index in [0.29, 0.717) is 5.02 Å². The highest BCUT2D eigenvalue weighted by Gasteiger charge is 2.12. The standard InChI is InChI=1S/C21H15ClFN3O2/c22-15-5-3-4-14(12-15)7-10-20(27)25-19-13-16(23)8-9-17(19)26-21(28)18-6-1-2-11-24-18/h1-13H,(H,25,27)(H,26,28)/b10-7+. The number of halogens is 2. The Labute approximate surface area is 165 Å². The van der Waals surface area contributed by atoms with Crippen LogP contribution in [-0.4, -0.2) is 16.8 Å². The van der Waals surface area contributed by atoms with Crippen LogP contribution in [0.2, 0.25) is 5.02 Å². The number of carbonyl (C=O) groups is 2. The summed E-state index contributed by atoms with van der Waals surface area (Å²) in [5, 5.41) is 5.72. The number of aromatic nitrogens is 1. The molecule has 0 fully saturated rings. The van der Waals surface area contributed by atoms with Gasteiger partial charge in [-0.1, -0.05) is 29.8 Å². The molecule has 140 valence electrons. The van der Waals surface area contributed by atoms with Gasteiger partial charge >= 0.3 is 0 Å². The van der Waals surface area contributed by atoms with E-state index in [1.54, 1.807) is 48.5 Å². The smallest absolute Gasteiger partial charge is 0.274 e. The van der Waals surface area contributed by atoms with Crippen LogP contribution in [0.1, 0.15) is 16.1 Å². The molecule has 0 bridgehead atoms. The van der Waals surface area contributed by atoms with Crippen LogP contribution in [-0.2, 0) is 4.79 Å². The quantitative estimate of drug-likeness (QED) is 0.611. The minimum atomic E-state index is -0.551. The van der Waals surface area contributed by atoms with Gasteiger partial charge < -0.3 is 10.6 Å². The van der Waals surface area contributed by atoms with Crippen molar-refractivity contribution in [1.82, 2.24) is 4.98 Å². The minimum Gasteiger partial charge on any atom is -0.321 e. The van der Waals surface area contributed by atoms with E-state index in [1.807, 2.05) is 0 Å². The average Bonchev–Trinajstić information content (AvgIpc) is 2.69. The first-order chi connectivity index (χ1) is 13.5. The molecule has 28 heavy (non-hydrogen) atoms. The van der Waals surface area contributed by atoms with Crippen LogP contribution in [0.25, 0.3) is 6.08 Å². The summed E-state index contributed by atoms with van der Waals surface area (Å²) in [4.78, 5) is 28.4. The van der Waals surface area contributed by atoms with Crippen LogP contribution in [0.4, 0.5) is 15.8 Å². The fourth-order valence-electron chi connectivity index (χ4n) is 2.37. The maximum atomic E-state index is 13.6. The zero-order chi connectivity index (χ0) is 19.9. The third-order valence-corrected chi connectivity index (χ3v) is 3.90. The molecule has 0 aliphatic rings. The van der Waals surface area contributed by atoms with E-state index in [1.165, 1.54) is 24.4 Å². The van der Waals surface area contributed by atoms with E-state index in [9.17, 15) is 14.0 Å². The van der Waals surface area contributed by atoms with Gasteiger partial charge in [-0.2, -0.15) is 0 Å². The van der Waals surface area contributed by atoms with E-state index >= 15 is 0 Å². The van der Waals surface area contributed by atoms with Gasteiger partial charge in [0.25, 0.3) is 5.91 Å². The molecule has 0 saturated heterocycles. The third kappa shape index (κ3) is 5.25. The van der Waals surface area contributed by atoms with Crippen LogP contribution in [0.5, 0.6) is 0 Å². The van der Waals surface area contributed by atoms with Gasteiger partial charge in [-0.25, -0.2) is 4.39 Å². The Bertz CT molecular complexity index is 1040. The molecular weight excluding hydrogens is 381 g/mol. The van der Waals surface area contributed by atoms with Crippen LogP contribution in [0, 0.1) is 5.82 Å². The Kier molecular flexibility index (Phi) is 6.14. The normalized spacial score (nSPS) is 10.6. The monoisotopic (exact) mass is 395 g/mol. The topological polar surface area (TPSA) is 71.1 Å². The molecule has 0 spiro atoms. The fraction of sp³-hybridized carbons (Fsp3) is 0. The van der Waals surface area contributed by atoms with Crippen LogP contribution >= 0.6 is 11.6 Å². The summed E-state index contributed by atoms with van der Waals surface area (Å²) >= 11 is 5.91. The number of nitrogens with one attached hydrogen (secondary N) is 2. The lowest BCUT2D eigenvalue weighted by molar-refractivity contribution is -0.111. The number of benzene rings is 2. The molecule has 1 aromatic heterocycles. The average molecular weight is 396 g/mol. The van der Waals surface area contributed by atoms with Crippen molar-refractivity contribution in [3.63, 3.8) is 0 Å². The molecule has 5 nitrogen and oxygen atoms in total. The SMILES string of the molecule is O=C(/C=C/c1cccc(Cl)c1)Nc1cc(F)ccc1NC(=O)c1ccccn1. The van der Waals surface area contributed by atoms with Gasteiger partial charge in [-0.05, 0) is 54.1 Å². The number of nitrogens with zero attached hydrogens (tertiary/aromatic N) is 1. The molecule has 1 heterocycles. The summed E-state index contributed by atoms with van der Waals surface area (Å²) in [5.41, 5.74) is 1.32. The van der Waals surface area contributed by atoms with Gasteiger partial charge in [0, 0.05) is 17.3 Å². The van der Waals surface area contributed by atoms with Gasteiger partial charge in [0.2, 0.25) is 5.91 Å². The zero-order valence-electron chi connectivity index (χ0n) is 14.5. The first-order valence-electron chi connectivity index (χ1n) is 8.28. The summed E-state index contributed by atoms with van der Waals surface area (Å²) in [7, 11) is 0. The van der Waals surface area contributed by atoms with Crippen molar-refractivity contribution >= 4 is 40.9 Å². The van der Waals surface area contributed by atoms with E-state index in [2.05, 4.69) is 15.6 Å². The number of amides is 2. The molecule has 3 aromatic rings. The third-order valence-electron chi connectivity index (χ3n) is 3.66. The highest BCUT2D eigenvalue weighted by Crippen LogP contribution is 2.23. The second-order valence-corrected chi connectivity index (χ2v) is 6.17. The van der Waals surface area contributed by atoms with E-state index in [-0.39, 0.29) is 17.1 Å². The number of anilines is 2. The molecule has 0 radical (unpaired) electrons. The predicted molar refractivity (Wildman–Crippen MR) is 108 cm³/mol. The molecule has 0 atom stereocenters. The molecule has 0 aliphatic heterocycles. The molecule has 0 unspecified atom stereocenters. The molecule has 2 amide bonds. The number of hydrogen-bond acceptors (Lipinski definition) is 3. The number of pyridine rings is 1. The van der Waals surface area contributed by atoms with Crippen LogP contribution < -0.4 is 10.6 Å². The van der Waals surface area contributed by atoms with Crippen LogP contribution in [0.15, 0.2) is 72.9 Å². The molecular formula is C21H15ClFN3O2. The van der Waals surface area contributed by atoms with Crippen molar-refractivity contribution in [2.24, 2.45) is 0 Å². The van der Waals surface area contributed by atoms with Gasteiger partial charge in [-0.15, -0.1) is 0 Å². The molecule has 7 heteroatoms. The Morgan fingerprint density at radius 3 is 2.57 bits per heavy atom. The van der Waals surface area contributed by atoms with E-state index in [0.717, 1.165) is 11.6 Å². The number of carbonyl (C=O) groups excluding carboxylic acids is 2.